The highest BCUT2D eigenvalue weighted by atomic mass is 14.2. The zero-order valence-corrected chi connectivity index (χ0v) is 9.93. The van der Waals surface area contributed by atoms with Crippen LogP contribution in [0.2, 0.25) is 0 Å². The van der Waals surface area contributed by atoms with Crippen molar-refractivity contribution in [2.45, 2.75) is 47.0 Å². The molecule has 78 valence electrons. The highest BCUT2D eigenvalue weighted by Gasteiger charge is 2.16. The second-order valence-corrected chi connectivity index (χ2v) is 4.39. The molecule has 0 aromatic carbocycles. The summed E-state index contributed by atoms with van der Waals surface area (Å²) >= 11 is 0. The molecule has 0 saturated carbocycles. The van der Waals surface area contributed by atoms with Crippen LogP contribution in [0.5, 0.6) is 0 Å². The first-order valence-corrected chi connectivity index (χ1v) is 5.78. The lowest BCUT2D eigenvalue weighted by atomic mass is 9.92. The summed E-state index contributed by atoms with van der Waals surface area (Å²) < 4.78 is 0. The molecule has 2 aliphatic rings. The van der Waals surface area contributed by atoms with Crippen LogP contribution in [-0.4, -0.2) is 0 Å². The maximum Gasteiger partial charge on any atom is 0.00108 e. The zero-order valence-electron chi connectivity index (χ0n) is 9.93. The molecular weight excluding hydrogens is 168 g/mol. The van der Waals surface area contributed by atoms with Crippen molar-refractivity contribution in [3.8, 4) is 0 Å². The van der Waals surface area contributed by atoms with Gasteiger partial charge in [-0.3, -0.25) is 0 Å². The molecule has 0 aromatic heterocycles. The van der Waals surface area contributed by atoms with Crippen molar-refractivity contribution in [1.82, 2.24) is 0 Å². The van der Waals surface area contributed by atoms with Crippen molar-refractivity contribution in [3.05, 3.63) is 35.5 Å². The first-order chi connectivity index (χ1) is 6.67. The van der Waals surface area contributed by atoms with E-state index in [1.807, 2.05) is 13.8 Å². The van der Waals surface area contributed by atoms with Gasteiger partial charge in [-0.05, 0) is 30.4 Å². The first-order valence-electron chi connectivity index (χ1n) is 5.78. The van der Waals surface area contributed by atoms with E-state index in [-0.39, 0.29) is 5.41 Å². The molecule has 2 rings (SSSR count). The molecule has 0 heterocycles. The second-order valence-electron chi connectivity index (χ2n) is 4.39. The Labute approximate surface area is 88.4 Å². The number of hydrogen-bond acceptors (Lipinski definition) is 0. The van der Waals surface area contributed by atoms with Crippen LogP contribution in [0.25, 0.3) is 0 Å². The summed E-state index contributed by atoms with van der Waals surface area (Å²) in [4.78, 5) is 0. The van der Waals surface area contributed by atoms with Gasteiger partial charge in [-0.2, -0.15) is 0 Å². The molecule has 0 amide bonds. The third-order valence-corrected chi connectivity index (χ3v) is 2.73. The van der Waals surface area contributed by atoms with Gasteiger partial charge in [0.15, 0.2) is 0 Å². The molecule has 0 saturated heterocycles. The van der Waals surface area contributed by atoms with Crippen molar-refractivity contribution < 1.29 is 0 Å². The fourth-order valence-electron chi connectivity index (χ4n) is 1.86. The summed E-state index contributed by atoms with van der Waals surface area (Å²) in [5, 5.41) is 0. The highest BCUT2D eigenvalue weighted by molar-refractivity contribution is 5.40. The monoisotopic (exact) mass is 190 g/mol. The predicted octanol–water partition coefficient (Wildman–Crippen LogP) is 4.65. The molecule has 0 radical (unpaired) electrons. The topological polar surface area (TPSA) is 0 Å². The molecule has 0 heteroatoms. The van der Waals surface area contributed by atoms with E-state index < -0.39 is 0 Å². The fraction of sp³-hybridized carbons (Fsp3) is 0.571. The van der Waals surface area contributed by atoms with Crippen LogP contribution < -0.4 is 0 Å². The predicted molar refractivity (Wildman–Crippen MR) is 64.3 cm³/mol. The van der Waals surface area contributed by atoms with Gasteiger partial charge in [0.2, 0.25) is 0 Å². The van der Waals surface area contributed by atoms with Gasteiger partial charge < -0.3 is 0 Å². The van der Waals surface area contributed by atoms with Gasteiger partial charge in [0, 0.05) is 5.41 Å². The smallest absolute Gasteiger partial charge is 0.00108 e. The van der Waals surface area contributed by atoms with Crippen LogP contribution >= 0.6 is 0 Å². The Balaban J connectivity index is 0.000000461. The maximum absolute atomic E-state index is 2.32. The molecule has 2 aliphatic carbocycles. The van der Waals surface area contributed by atoms with Gasteiger partial charge in [-0.25, -0.2) is 0 Å². The minimum atomic E-state index is 0.254. The van der Waals surface area contributed by atoms with Crippen LogP contribution in [0.1, 0.15) is 47.0 Å². The molecule has 0 nitrogen and oxygen atoms in total. The molecule has 0 N–H and O–H groups in total. The highest BCUT2D eigenvalue weighted by Crippen LogP contribution is 2.33. The zero-order chi connectivity index (χ0) is 10.6. The molecule has 0 atom stereocenters. The van der Waals surface area contributed by atoms with Crippen LogP contribution in [0.4, 0.5) is 0 Å². The SMILES string of the molecule is CC.CC1(C)C=CC2=C(C=C1)CCC2. The lowest BCUT2D eigenvalue weighted by Gasteiger charge is -2.12. The Morgan fingerprint density at radius 3 is 1.79 bits per heavy atom. The third-order valence-electron chi connectivity index (χ3n) is 2.73. The average molecular weight is 190 g/mol. The van der Waals surface area contributed by atoms with Gasteiger partial charge in [0.1, 0.15) is 0 Å². The largest absolute Gasteiger partial charge is 0.0748 e. The number of allylic oxidation sites excluding steroid dienone is 6. The standard InChI is InChI=1S/C12H16.C2H6/c1-12(2)8-6-10-4-3-5-11(10)7-9-12;1-2/h6-9H,3-5H2,1-2H3;1-2H3. The van der Waals surface area contributed by atoms with Gasteiger partial charge in [-0.15, -0.1) is 0 Å². The summed E-state index contributed by atoms with van der Waals surface area (Å²) in [6.07, 6.45) is 13.2. The fourth-order valence-corrected chi connectivity index (χ4v) is 1.86. The Morgan fingerprint density at radius 1 is 0.929 bits per heavy atom. The Bertz CT molecular complexity index is 248. The minimum Gasteiger partial charge on any atom is -0.0748 e. The van der Waals surface area contributed by atoms with Gasteiger partial charge >= 0.3 is 0 Å². The van der Waals surface area contributed by atoms with Crippen LogP contribution in [-0.2, 0) is 0 Å². The first kappa shape index (κ1) is 11.3. The van der Waals surface area contributed by atoms with E-state index in [4.69, 9.17) is 0 Å². The molecule has 0 aliphatic heterocycles. The van der Waals surface area contributed by atoms with Crippen LogP contribution in [0.3, 0.4) is 0 Å². The normalized spacial score (nSPS) is 22.6. The Hall–Kier alpha value is -0.780. The molecule has 0 fully saturated rings. The summed E-state index contributed by atoms with van der Waals surface area (Å²) in [5.74, 6) is 0. The van der Waals surface area contributed by atoms with Crippen molar-refractivity contribution >= 4 is 0 Å². The van der Waals surface area contributed by atoms with Gasteiger partial charge in [0.25, 0.3) is 0 Å². The lowest BCUT2D eigenvalue weighted by molar-refractivity contribution is 0.625. The lowest BCUT2D eigenvalue weighted by Crippen LogP contribution is -2.00. The van der Waals surface area contributed by atoms with Crippen molar-refractivity contribution in [1.29, 1.82) is 0 Å². The van der Waals surface area contributed by atoms with Gasteiger partial charge in [-0.1, -0.05) is 52.0 Å². The maximum atomic E-state index is 2.32. The summed E-state index contributed by atoms with van der Waals surface area (Å²) in [5.41, 5.74) is 3.39. The molecule has 14 heavy (non-hydrogen) atoms. The quantitative estimate of drug-likeness (QED) is 0.522. The second kappa shape index (κ2) is 4.63. The van der Waals surface area contributed by atoms with E-state index in [9.17, 15) is 0 Å². The van der Waals surface area contributed by atoms with Gasteiger partial charge in [0.05, 0.1) is 0 Å². The molecule has 0 bridgehead atoms. The summed E-state index contributed by atoms with van der Waals surface area (Å²) in [6, 6.07) is 0. The van der Waals surface area contributed by atoms with Crippen molar-refractivity contribution in [2.75, 3.05) is 0 Å². The Morgan fingerprint density at radius 2 is 1.36 bits per heavy atom. The van der Waals surface area contributed by atoms with Crippen molar-refractivity contribution in [2.24, 2.45) is 5.41 Å². The molecule has 0 unspecified atom stereocenters. The number of hydrogen-bond donors (Lipinski definition) is 0. The molecule has 0 spiro atoms. The van der Waals surface area contributed by atoms with Crippen molar-refractivity contribution in [3.63, 3.8) is 0 Å². The van der Waals surface area contributed by atoms with E-state index >= 15 is 0 Å². The number of rotatable bonds is 0. The van der Waals surface area contributed by atoms with E-state index in [1.54, 1.807) is 11.1 Å². The average Bonchev–Trinajstić information content (AvgIpc) is 2.58. The molecule has 0 aromatic rings. The Kier molecular flexibility index (Phi) is 3.74. The summed E-state index contributed by atoms with van der Waals surface area (Å²) in [6.45, 7) is 8.50. The third kappa shape index (κ3) is 2.60. The van der Waals surface area contributed by atoms with E-state index in [1.165, 1.54) is 19.3 Å². The van der Waals surface area contributed by atoms with Crippen LogP contribution in [0.15, 0.2) is 35.5 Å². The van der Waals surface area contributed by atoms with E-state index in [2.05, 4.69) is 38.2 Å². The van der Waals surface area contributed by atoms with E-state index in [0.717, 1.165) is 0 Å². The minimum absolute atomic E-state index is 0.254. The summed E-state index contributed by atoms with van der Waals surface area (Å²) in [7, 11) is 0. The van der Waals surface area contributed by atoms with Crippen LogP contribution in [0, 0.1) is 5.41 Å². The molecular formula is C14H22. The van der Waals surface area contributed by atoms with E-state index in [0.29, 0.717) is 0 Å².